The Bertz CT molecular complexity index is 723. The zero-order chi connectivity index (χ0) is 16.6. The monoisotopic (exact) mass is 349 g/mol. The summed E-state index contributed by atoms with van der Waals surface area (Å²) in [5, 5.41) is 1.13. The van der Waals surface area contributed by atoms with Crippen molar-refractivity contribution in [2.24, 2.45) is 0 Å². The molecule has 120 valence electrons. The van der Waals surface area contributed by atoms with Crippen LogP contribution in [0.3, 0.4) is 0 Å². The molecule has 0 saturated heterocycles. The average Bonchev–Trinajstić information content (AvgIpc) is 2.97. The van der Waals surface area contributed by atoms with Gasteiger partial charge >= 0.3 is 0 Å². The number of nitrogens with zero attached hydrogens (tertiary/aromatic N) is 1. The van der Waals surface area contributed by atoms with Crippen molar-refractivity contribution in [3.05, 3.63) is 63.6 Å². The zero-order valence-corrected chi connectivity index (χ0v) is 14.4. The molecule has 0 radical (unpaired) electrons. The van der Waals surface area contributed by atoms with Crippen molar-refractivity contribution in [2.75, 3.05) is 7.05 Å². The van der Waals surface area contributed by atoms with Crippen LogP contribution < -0.4 is 4.74 Å². The fraction of sp³-hybridized carbons (Fsp3) is 0.278. The number of rotatable bonds is 3. The molecule has 1 amide bonds. The number of halogens is 2. The first-order valence-electron chi connectivity index (χ1n) is 7.43. The van der Waals surface area contributed by atoms with Gasteiger partial charge in [-0.25, -0.2) is 0 Å². The second-order valence-corrected chi connectivity index (χ2v) is 6.55. The molecule has 5 heteroatoms. The van der Waals surface area contributed by atoms with E-state index in [1.54, 1.807) is 24.1 Å². The molecule has 0 aliphatic carbocycles. The van der Waals surface area contributed by atoms with Crippen LogP contribution in [0.2, 0.25) is 10.0 Å². The molecule has 0 bridgehead atoms. The minimum Gasteiger partial charge on any atom is -0.480 e. The van der Waals surface area contributed by atoms with Crippen molar-refractivity contribution in [2.45, 2.75) is 25.5 Å². The first-order chi connectivity index (χ1) is 11.0. The normalized spacial score (nSPS) is 17.3. The smallest absolute Gasteiger partial charge is 0.264 e. The number of hydrogen-bond acceptors (Lipinski definition) is 2. The number of benzene rings is 2. The van der Waals surface area contributed by atoms with Crippen LogP contribution >= 0.6 is 23.2 Å². The van der Waals surface area contributed by atoms with Crippen LogP contribution in [0, 0.1) is 0 Å². The Morgan fingerprint density at radius 3 is 2.70 bits per heavy atom. The van der Waals surface area contributed by atoms with Crippen molar-refractivity contribution < 1.29 is 9.53 Å². The number of amides is 1. The van der Waals surface area contributed by atoms with Gasteiger partial charge in [0, 0.05) is 23.5 Å². The number of carbonyl (C=O) groups is 1. The molecule has 1 heterocycles. The maximum Gasteiger partial charge on any atom is 0.264 e. The number of likely N-dealkylation sites (N-methyl/N-ethyl adjacent to an activating group) is 1. The van der Waals surface area contributed by atoms with Crippen LogP contribution in [0.15, 0.2) is 42.5 Å². The van der Waals surface area contributed by atoms with Gasteiger partial charge in [0.2, 0.25) is 0 Å². The average molecular weight is 350 g/mol. The summed E-state index contributed by atoms with van der Waals surface area (Å²) in [6.45, 7) is 1.94. The van der Waals surface area contributed by atoms with Gasteiger partial charge in [0.15, 0.2) is 6.10 Å². The van der Waals surface area contributed by atoms with Crippen LogP contribution in [0.1, 0.15) is 24.1 Å². The van der Waals surface area contributed by atoms with E-state index in [9.17, 15) is 4.79 Å². The third-order valence-corrected chi connectivity index (χ3v) is 4.83. The number of fused-ring (bicyclic) bond motifs is 1. The van der Waals surface area contributed by atoms with Gasteiger partial charge in [0.1, 0.15) is 5.75 Å². The van der Waals surface area contributed by atoms with E-state index in [0.29, 0.717) is 16.5 Å². The first-order valence-corrected chi connectivity index (χ1v) is 8.19. The fourth-order valence-electron chi connectivity index (χ4n) is 2.79. The maximum absolute atomic E-state index is 12.7. The summed E-state index contributed by atoms with van der Waals surface area (Å²) in [7, 11) is 1.77. The molecular weight excluding hydrogens is 333 g/mol. The lowest BCUT2D eigenvalue weighted by atomic mass is 10.1. The molecule has 1 aliphatic rings. The van der Waals surface area contributed by atoms with Crippen LogP contribution in [-0.4, -0.2) is 24.0 Å². The lowest BCUT2D eigenvalue weighted by Crippen LogP contribution is -2.40. The third kappa shape index (κ3) is 3.17. The highest BCUT2D eigenvalue weighted by molar-refractivity contribution is 6.35. The van der Waals surface area contributed by atoms with Crippen LogP contribution in [0.4, 0.5) is 0 Å². The molecule has 2 atom stereocenters. The minimum atomic E-state index is -0.481. The minimum absolute atomic E-state index is 0.0558. The van der Waals surface area contributed by atoms with Crippen molar-refractivity contribution in [3.63, 3.8) is 0 Å². The number of ether oxygens (including phenoxy) is 1. The summed E-state index contributed by atoms with van der Waals surface area (Å²) >= 11 is 12.2. The Hall–Kier alpha value is -1.71. The molecule has 0 spiro atoms. The van der Waals surface area contributed by atoms with E-state index >= 15 is 0 Å². The van der Waals surface area contributed by atoms with Crippen molar-refractivity contribution in [1.29, 1.82) is 0 Å². The summed E-state index contributed by atoms with van der Waals surface area (Å²) in [4.78, 5) is 14.4. The summed E-state index contributed by atoms with van der Waals surface area (Å²) in [5.74, 6) is 0.733. The quantitative estimate of drug-likeness (QED) is 0.815. The fourth-order valence-corrected chi connectivity index (χ4v) is 3.35. The Kier molecular flexibility index (Phi) is 4.51. The first kappa shape index (κ1) is 16.2. The molecule has 0 saturated carbocycles. The zero-order valence-electron chi connectivity index (χ0n) is 12.9. The van der Waals surface area contributed by atoms with E-state index in [0.717, 1.165) is 16.9 Å². The van der Waals surface area contributed by atoms with Gasteiger partial charge in [-0.3, -0.25) is 4.79 Å². The number of para-hydroxylation sites is 1. The lowest BCUT2D eigenvalue weighted by molar-refractivity contribution is -0.138. The molecule has 0 aromatic heterocycles. The van der Waals surface area contributed by atoms with Crippen LogP contribution in [-0.2, 0) is 11.2 Å². The molecular formula is C18H17Cl2NO2. The maximum atomic E-state index is 12.7. The standard InChI is InChI=1S/C18H17Cl2NO2/c1-11(14-8-7-13(19)10-15(14)20)21(2)18(22)17-9-12-5-3-4-6-16(12)23-17/h3-8,10-11,17H,9H2,1-2H3/t11-,17-/m0/s1. The predicted molar refractivity (Wildman–Crippen MR) is 92.2 cm³/mol. The molecule has 1 aliphatic heterocycles. The molecule has 23 heavy (non-hydrogen) atoms. The van der Waals surface area contributed by atoms with Gasteiger partial charge in [-0.05, 0) is 36.2 Å². The van der Waals surface area contributed by atoms with Gasteiger partial charge < -0.3 is 9.64 Å². The Morgan fingerprint density at radius 2 is 2.00 bits per heavy atom. The van der Waals surface area contributed by atoms with Crippen molar-refractivity contribution in [3.8, 4) is 5.75 Å². The molecule has 3 nitrogen and oxygen atoms in total. The van der Waals surface area contributed by atoms with Gasteiger partial charge in [-0.2, -0.15) is 0 Å². The summed E-state index contributed by atoms with van der Waals surface area (Å²) in [5.41, 5.74) is 1.93. The Morgan fingerprint density at radius 1 is 1.26 bits per heavy atom. The van der Waals surface area contributed by atoms with E-state index in [4.69, 9.17) is 27.9 Å². The van der Waals surface area contributed by atoms with Gasteiger partial charge in [0.05, 0.1) is 6.04 Å². The Balaban J connectivity index is 1.75. The second kappa shape index (κ2) is 6.42. The molecule has 2 aromatic rings. The highest BCUT2D eigenvalue weighted by Crippen LogP contribution is 2.32. The Labute approximate surface area is 145 Å². The lowest BCUT2D eigenvalue weighted by Gasteiger charge is -2.28. The van der Waals surface area contributed by atoms with E-state index in [1.165, 1.54) is 0 Å². The molecule has 0 N–H and O–H groups in total. The van der Waals surface area contributed by atoms with E-state index in [2.05, 4.69) is 0 Å². The van der Waals surface area contributed by atoms with Gasteiger partial charge in [-0.1, -0.05) is 47.5 Å². The third-order valence-electron chi connectivity index (χ3n) is 4.26. The summed E-state index contributed by atoms with van der Waals surface area (Å²) in [6, 6.07) is 12.9. The van der Waals surface area contributed by atoms with E-state index < -0.39 is 6.10 Å². The van der Waals surface area contributed by atoms with E-state index in [-0.39, 0.29) is 11.9 Å². The van der Waals surface area contributed by atoms with Crippen LogP contribution in [0.25, 0.3) is 0 Å². The molecule has 2 aromatic carbocycles. The topological polar surface area (TPSA) is 29.5 Å². The molecule has 0 fully saturated rings. The van der Waals surface area contributed by atoms with Crippen molar-refractivity contribution in [1.82, 2.24) is 4.90 Å². The predicted octanol–water partition coefficient (Wildman–Crippen LogP) is 4.52. The number of hydrogen-bond donors (Lipinski definition) is 0. The highest BCUT2D eigenvalue weighted by Gasteiger charge is 2.33. The molecule has 0 unspecified atom stereocenters. The number of carbonyl (C=O) groups excluding carboxylic acids is 1. The largest absolute Gasteiger partial charge is 0.480 e. The van der Waals surface area contributed by atoms with Gasteiger partial charge in [-0.15, -0.1) is 0 Å². The van der Waals surface area contributed by atoms with Crippen molar-refractivity contribution >= 4 is 29.1 Å². The second-order valence-electron chi connectivity index (χ2n) is 5.71. The molecule has 3 rings (SSSR count). The summed E-state index contributed by atoms with van der Waals surface area (Å²) < 4.78 is 5.78. The summed E-state index contributed by atoms with van der Waals surface area (Å²) in [6.07, 6.45) is 0.117. The van der Waals surface area contributed by atoms with Gasteiger partial charge in [0.25, 0.3) is 5.91 Å². The highest BCUT2D eigenvalue weighted by atomic mass is 35.5. The van der Waals surface area contributed by atoms with E-state index in [1.807, 2.05) is 37.3 Å². The SMILES string of the molecule is C[C@@H](c1ccc(Cl)cc1Cl)N(C)C(=O)[C@@H]1Cc2ccccc2O1. The van der Waals surface area contributed by atoms with Crippen LogP contribution in [0.5, 0.6) is 5.75 Å².